The number of hydrogen-bond donors (Lipinski definition) is 0. The van der Waals surface area contributed by atoms with Crippen molar-refractivity contribution in [1.82, 2.24) is 0 Å². The van der Waals surface area contributed by atoms with E-state index < -0.39 is 31.5 Å². The van der Waals surface area contributed by atoms with Gasteiger partial charge in [-0.15, -0.1) is 12.4 Å². The second-order valence-corrected chi connectivity index (χ2v) is 16.1. The Balaban J connectivity index is 0.00000208. The van der Waals surface area contributed by atoms with Crippen LogP contribution in [0.1, 0.15) is 69.8 Å². The normalized spacial score (nSPS) is 20.8. The second kappa shape index (κ2) is 9.16. The SMILES string of the molecule is Cl.FC(F)(F)c1cc[c]([Sn]([CH]2CCCCC2)[CH]2CCCCC2)cc1. The molecule has 0 N–H and O–H groups in total. The first-order chi connectivity index (χ1) is 11.1. The van der Waals surface area contributed by atoms with Crippen LogP contribution in [0.4, 0.5) is 13.2 Å². The molecule has 0 amide bonds. The van der Waals surface area contributed by atoms with Crippen LogP contribution in [0.15, 0.2) is 24.3 Å². The Bertz CT molecular complexity index is 470. The Kier molecular flexibility index (Phi) is 7.79. The van der Waals surface area contributed by atoms with Gasteiger partial charge in [-0.2, -0.15) is 0 Å². The number of rotatable bonds is 3. The van der Waals surface area contributed by atoms with Gasteiger partial charge in [0.25, 0.3) is 0 Å². The van der Waals surface area contributed by atoms with Crippen LogP contribution in [0.5, 0.6) is 0 Å². The van der Waals surface area contributed by atoms with E-state index in [2.05, 4.69) is 0 Å². The third-order valence-electron chi connectivity index (χ3n) is 5.64. The van der Waals surface area contributed by atoms with Crippen molar-refractivity contribution in [1.29, 1.82) is 0 Å². The van der Waals surface area contributed by atoms with Crippen LogP contribution in [0.3, 0.4) is 0 Å². The molecule has 2 aliphatic rings. The van der Waals surface area contributed by atoms with E-state index >= 15 is 0 Å². The van der Waals surface area contributed by atoms with E-state index in [0.717, 1.165) is 7.87 Å². The summed E-state index contributed by atoms with van der Waals surface area (Å²) in [7, 11) is 0. The van der Waals surface area contributed by atoms with Crippen LogP contribution < -0.4 is 3.58 Å². The summed E-state index contributed by atoms with van der Waals surface area (Å²) in [6, 6.07) is 6.37. The number of hydrogen-bond acceptors (Lipinski definition) is 0. The Morgan fingerprint density at radius 1 is 0.708 bits per heavy atom. The summed E-state index contributed by atoms with van der Waals surface area (Å²) in [4.78, 5) is 0. The molecule has 1 radical (unpaired) electrons. The molecule has 0 aliphatic heterocycles. The zero-order valence-electron chi connectivity index (χ0n) is 14.1. The van der Waals surface area contributed by atoms with Gasteiger partial charge in [-0.05, 0) is 0 Å². The van der Waals surface area contributed by atoms with Crippen LogP contribution >= 0.6 is 12.4 Å². The van der Waals surface area contributed by atoms with Gasteiger partial charge in [-0.1, -0.05) is 0 Å². The summed E-state index contributed by atoms with van der Waals surface area (Å²) in [6.07, 6.45) is 9.19. The minimum absolute atomic E-state index is 0. The van der Waals surface area contributed by atoms with E-state index in [1.165, 1.54) is 79.9 Å². The molecule has 135 valence electrons. The van der Waals surface area contributed by atoms with Crippen molar-refractivity contribution >= 4 is 35.7 Å². The first kappa shape index (κ1) is 20.4. The van der Waals surface area contributed by atoms with Crippen LogP contribution in [0.2, 0.25) is 7.87 Å². The van der Waals surface area contributed by atoms with E-state index in [4.69, 9.17) is 0 Å². The molecule has 0 spiro atoms. The molecule has 0 saturated heterocycles. The van der Waals surface area contributed by atoms with Gasteiger partial charge < -0.3 is 0 Å². The Hall–Kier alpha value is 0.0987. The molecule has 2 saturated carbocycles. The quantitative estimate of drug-likeness (QED) is 0.446. The van der Waals surface area contributed by atoms with Crippen LogP contribution in [-0.2, 0) is 6.18 Å². The molecule has 1 aromatic rings. The van der Waals surface area contributed by atoms with Crippen LogP contribution in [0.25, 0.3) is 0 Å². The molecule has 2 fully saturated rings. The molecular weight excluding hydrogens is 439 g/mol. The third-order valence-corrected chi connectivity index (χ3v) is 16.8. The molecule has 0 nitrogen and oxygen atoms in total. The molecule has 0 atom stereocenters. The first-order valence-electron chi connectivity index (χ1n) is 9.10. The molecule has 5 heteroatoms. The standard InChI is InChI=1S/C7H4F3.2C6H11.ClH.Sn/c8-7(9,10)6-4-2-1-3-5-6;2*1-2-4-6-5-3-1;;/h2-5H;2*1H,2-6H2;1H;. The molecular formula is C19H27ClF3Sn. The Morgan fingerprint density at radius 3 is 1.50 bits per heavy atom. The summed E-state index contributed by atoms with van der Waals surface area (Å²) in [6.45, 7) is 0. The molecule has 0 bridgehead atoms. The fraction of sp³-hybridized carbons (Fsp3) is 0.684. The maximum atomic E-state index is 12.8. The molecule has 0 unspecified atom stereocenters. The average Bonchev–Trinajstić information content (AvgIpc) is 2.57. The Labute approximate surface area is 156 Å². The topological polar surface area (TPSA) is 0 Å². The fourth-order valence-electron chi connectivity index (χ4n) is 4.48. The van der Waals surface area contributed by atoms with Crippen molar-refractivity contribution in [3.8, 4) is 0 Å². The second-order valence-electron chi connectivity index (χ2n) is 7.20. The zero-order chi connectivity index (χ0) is 16.3. The van der Waals surface area contributed by atoms with E-state index in [9.17, 15) is 13.2 Å². The molecule has 24 heavy (non-hydrogen) atoms. The zero-order valence-corrected chi connectivity index (χ0v) is 17.7. The van der Waals surface area contributed by atoms with Gasteiger partial charge in [0.05, 0.1) is 0 Å². The van der Waals surface area contributed by atoms with E-state index in [1.807, 2.05) is 12.1 Å². The van der Waals surface area contributed by atoms with Crippen molar-refractivity contribution in [3.63, 3.8) is 0 Å². The van der Waals surface area contributed by atoms with E-state index in [-0.39, 0.29) is 12.4 Å². The number of alkyl halides is 3. The summed E-state index contributed by atoms with van der Waals surface area (Å²) < 4.78 is 41.6. The van der Waals surface area contributed by atoms with Crippen LogP contribution in [-0.4, -0.2) is 19.8 Å². The van der Waals surface area contributed by atoms with Gasteiger partial charge in [-0.25, -0.2) is 0 Å². The fourth-order valence-corrected chi connectivity index (χ4v) is 16.5. The maximum absolute atomic E-state index is 12.8. The summed E-state index contributed by atoms with van der Waals surface area (Å²) >= 11 is -1.89. The summed E-state index contributed by atoms with van der Waals surface area (Å²) in [5.74, 6) is 0. The van der Waals surface area contributed by atoms with Crippen LogP contribution in [0, 0.1) is 0 Å². The van der Waals surface area contributed by atoms with Gasteiger partial charge in [0.15, 0.2) is 0 Å². The van der Waals surface area contributed by atoms with Gasteiger partial charge in [0.2, 0.25) is 0 Å². The van der Waals surface area contributed by atoms with Gasteiger partial charge in [0.1, 0.15) is 0 Å². The van der Waals surface area contributed by atoms with E-state index in [1.54, 1.807) is 0 Å². The molecule has 1 aromatic carbocycles. The number of benzene rings is 1. The third kappa shape index (κ3) is 5.06. The first-order valence-corrected chi connectivity index (χ1v) is 13.8. The van der Waals surface area contributed by atoms with Crippen molar-refractivity contribution in [2.24, 2.45) is 0 Å². The molecule has 2 aliphatic carbocycles. The molecule has 0 aromatic heterocycles. The number of halogens is 4. The minimum atomic E-state index is -4.21. The monoisotopic (exact) mass is 467 g/mol. The summed E-state index contributed by atoms with van der Waals surface area (Å²) in [5.41, 5.74) is -0.490. The van der Waals surface area contributed by atoms with Gasteiger partial charge in [0, 0.05) is 0 Å². The van der Waals surface area contributed by atoms with Crippen molar-refractivity contribution in [2.45, 2.75) is 78.3 Å². The predicted octanol–water partition coefficient (Wildman–Crippen LogP) is 6.50. The predicted molar refractivity (Wildman–Crippen MR) is 97.8 cm³/mol. The van der Waals surface area contributed by atoms with Gasteiger partial charge >= 0.3 is 145 Å². The summed E-state index contributed by atoms with van der Waals surface area (Å²) in [5, 5.41) is 0. The molecule has 0 heterocycles. The Morgan fingerprint density at radius 2 is 1.12 bits per heavy atom. The van der Waals surface area contributed by atoms with Crippen molar-refractivity contribution in [3.05, 3.63) is 29.8 Å². The van der Waals surface area contributed by atoms with Gasteiger partial charge in [-0.3, -0.25) is 0 Å². The van der Waals surface area contributed by atoms with E-state index in [0.29, 0.717) is 0 Å². The average molecular weight is 467 g/mol. The van der Waals surface area contributed by atoms with Crippen molar-refractivity contribution in [2.75, 3.05) is 0 Å². The molecule has 3 rings (SSSR count). The van der Waals surface area contributed by atoms with Crippen molar-refractivity contribution < 1.29 is 13.2 Å².